The summed E-state index contributed by atoms with van der Waals surface area (Å²) < 4.78 is 5.62. The highest BCUT2D eigenvalue weighted by Crippen LogP contribution is 2.55. The summed E-state index contributed by atoms with van der Waals surface area (Å²) in [4.78, 5) is 40.3. The number of carbonyl (C=O) groups excluding carboxylic acids is 3. The third kappa shape index (κ3) is 2.97. The van der Waals surface area contributed by atoms with Crippen LogP contribution in [0.15, 0.2) is 36.4 Å². The Hall–Kier alpha value is -4.67. The predicted octanol–water partition coefficient (Wildman–Crippen LogP) is 2.41. The molecule has 40 heavy (non-hydrogen) atoms. The maximum atomic E-state index is 13.8. The summed E-state index contributed by atoms with van der Waals surface area (Å²) in [5.41, 5.74) is 0.356. The molecule has 4 aliphatic rings. The lowest BCUT2D eigenvalue weighted by molar-refractivity contribution is -0.0693. The molecular formula is C30H22O10. The lowest BCUT2D eigenvalue weighted by Crippen LogP contribution is -2.44. The van der Waals surface area contributed by atoms with Crippen molar-refractivity contribution in [2.75, 3.05) is 0 Å². The molecule has 3 aliphatic carbocycles. The summed E-state index contributed by atoms with van der Waals surface area (Å²) >= 11 is 0. The number of hydrogen-bond donors (Lipinski definition) is 6. The van der Waals surface area contributed by atoms with E-state index in [0.717, 1.165) is 12.1 Å². The van der Waals surface area contributed by atoms with Crippen molar-refractivity contribution in [3.05, 3.63) is 86.5 Å². The second-order valence-electron chi connectivity index (χ2n) is 10.8. The van der Waals surface area contributed by atoms with Gasteiger partial charge in [0.25, 0.3) is 0 Å². The van der Waals surface area contributed by atoms with Gasteiger partial charge in [0.05, 0.1) is 22.8 Å². The zero-order valence-corrected chi connectivity index (χ0v) is 20.9. The molecule has 0 spiro atoms. The molecule has 1 heterocycles. The van der Waals surface area contributed by atoms with Gasteiger partial charge in [-0.3, -0.25) is 9.59 Å². The Morgan fingerprint density at radius 2 is 1.35 bits per heavy atom. The van der Waals surface area contributed by atoms with Crippen molar-refractivity contribution in [1.82, 2.24) is 0 Å². The molecule has 202 valence electrons. The minimum Gasteiger partial charge on any atom is -0.507 e. The molecule has 0 amide bonds. The van der Waals surface area contributed by atoms with E-state index in [1.54, 1.807) is 13.0 Å². The number of rotatable bonds is 0. The number of phenolic OH excluding ortho intramolecular Hbond substituents is 4. The third-order valence-corrected chi connectivity index (χ3v) is 8.54. The first kappa shape index (κ1) is 24.4. The van der Waals surface area contributed by atoms with E-state index >= 15 is 0 Å². The highest BCUT2D eigenvalue weighted by molar-refractivity contribution is 6.32. The second kappa shape index (κ2) is 7.93. The van der Waals surface area contributed by atoms with E-state index in [9.17, 15) is 45.0 Å². The Morgan fingerprint density at radius 3 is 2.02 bits per heavy atom. The summed E-state index contributed by atoms with van der Waals surface area (Å²) in [6.07, 6.45) is -2.40. The van der Waals surface area contributed by atoms with Crippen LogP contribution >= 0.6 is 0 Å². The number of esters is 1. The zero-order chi connectivity index (χ0) is 28.4. The largest absolute Gasteiger partial charge is 0.507 e. The van der Waals surface area contributed by atoms with Gasteiger partial charge in [-0.05, 0) is 77.4 Å². The van der Waals surface area contributed by atoms with Crippen LogP contribution in [0.2, 0.25) is 0 Å². The van der Waals surface area contributed by atoms with Gasteiger partial charge in [0.15, 0.2) is 5.78 Å². The summed E-state index contributed by atoms with van der Waals surface area (Å²) in [6.45, 7) is 1.69. The lowest BCUT2D eigenvalue weighted by Gasteiger charge is -2.39. The number of carbonyl (C=O) groups is 3. The van der Waals surface area contributed by atoms with Gasteiger partial charge in [-0.1, -0.05) is 6.07 Å². The van der Waals surface area contributed by atoms with Crippen LogP contribution in [0.5, 0.6) is 23.0 Å². The molecule has 7 rings (SSSR count). The van der Waals surface area contributed by atoms with Crippen LogP contribution in [0.3, 0.4) is 0 Å². The Labute approximate surface area is 226 Å². The minimum absolute atomic E-state index is 0.143. The molecule has 0 unspecified atom stereocenters. The fraction of sp³-hybridized carbons (Fsp3) is 0.233. The smallest absolute Gasteiger partial charge is 0.342 e. The summed E-state index contributed by atoms with van der Waals surface area (Å²) in [6, 6.07) is 6.45. The van der Waals surface area contributed by atoms with Crippen LogP contribution in [0, 0.1) is 18.8 Å². The monoisotopic (exact) mass is 542 g/mol. The highest BCUT2D eigenvalue weighted by atomic mass is 16.6. The number of ether oxygens (including phenoxy) is 1. The Balaban J connectivity index is 1.43. The first-order chi connectivity index (χ1) is 19.0. The molecule has 1 aliphatic heterocycles. The molecule has 10 heteroatoms. The number of fused-ring (bicyclic) bond motifs is 9. The number of benzene rings is 3. The number of allylic oxidation sites excluding steroid dienone is 1. The maximum absolute atomic E-state index is 13.8. The fourth-order valence-corrected chi connectivity index (χ4v) is 6.97. The van der Waals surface area contributed by atoms with Crippen LogP contribution in [-0.2, 0) is 11.2 Å². The van der Waals surface area contributed by atoms with E-state index in [0.29, 0.717) is 16.7 Å². The Kier molecular flexibility index (Phi) is 4.84. The van der Waals surface area contributed by atoms with Gasteiger partial charge in [-0.15, -0.1) is 0 Å². The average molecular weight is 542 g/mol. The average Bonchev–Trinajstić information content (AvgIpc) is 3.18. The van der Waals surface area contributed by atoms with Gasteiger partial charge in [0.1, 0.15) is 40.8 Å². The number of phenols is 4. The van der Waals surface area contributed by atoms with Crippen LogP contribution in [0.1, 0.15) is 70.6 Å². The minimum atomic E-state index is -1.41. The van der Waals surface area contributed by atoms with Gasteiger partial charge in [0.2, 0.25) is 5.78 Å². The number of aliphatic hydroxyl groups excluding tert-OH is 2. The molecule has 5 atom stereocenters. The summed E-state index contributed by atoms with van der Waals surface area (Å²) in [5, 5.41) is 65.0. The number of aryl methyl sites for hydroxylation is 1. The van der Waals surface area contributed by atoms with Crippen molar-refractivity contribution in [3.8, 4) is 23.0 Å². The Bertz CT molecular complexity index is 1770. The molecule has 6 N–H and O–H groups in total. The summed E-state index contributed by atoms with van der Waals surface area (Å²) in [7, 11) is 0. The molecule has 0 bridgehead atoms. The van der Waals surface area contributed by atoms with E-state index in [1.165, 1.54) is 18.2 Å². The predicted molar refractivity (Wildman–Crippen MR) is 136 cm³/mol. The lowest BCUT2D eigenvalue weighted by atomic mass is 9.70. The third-order valence-electron chi connectivity index (χ3n) is 8.54. The standard InChI is InChI=1S/C30H22O10/c1-9-4-13-20(16(33)5-9)30(39)40-29-18(35)8-12-11(21(29)26(13)36)6-10-7-17(34)24-25(19(10)12)28(38)23-15(32)3-2-14(31)22(23)27(24)37/h2-5,7-8,11,18,21,26,29,31-36H,6H2,1H3/t11-,18+,21+,26-,29-/m0/s1. The van der Waals surface area contributed by atoms with Crippen molar-refractivity contribution in [2.45, 2.75) is 31.7 Å². The molecule has 0 saturated heterocycles. The second-order valence-corrected chi connectivity index (χ2v) is 10.8. The van der Waals surface area contributed by atoms with E-state index in [-0.39, 0.29) is 40.0 Å². The topological polar surface area (TPSA) is 182 Å². The number of aliphatic hydroxyl groups is 2. The van der Waals surface area contributed by atoms with Crippen LogP contribution < -0.4 is 0 Å². The van der Waals surface area contributed by atoms with E-state index in [1.807, 2.05) is 0 Å². The van der Waals surface area contributed by atoms with E-state index in [4.69, 9.17) is 4.74 Å². The normalized spacial score (nSPS) is 25.9. The van der Waals surface area contributed by atoms with Crippen LogP contribution in [-0.4, -0.2) is 60.4 Å². The van der Waals surface area contributed by atoms with Gasteiger partial charge in [-0.25, -0.2) is 4.79 Å². The van der Waals surface area contributed by atoms with Gasteiger partial charge >= 0.3 is 5.97 Å². The fourth-order valence-electron chi connectivity index (χ4n) is 6.97. The van der Waals surface area contributed by atoms with Gasteiger partial charge in [0, 0.05) is 11.5 Å². The molecule has 0 saturated carbocycles. The molecule has 0 fully saturated rings. The van der Waals surface area contributed by atoms with Crippen molar-refractivity contribution in [3.63, 3.8) is 0 Å². The Morgan fingerprint density at radius 1 is 0.750 bits per heavy atom. The van der Waals surface area contributed by atoms with Crippen LogP contribution in [0.4, 0.5) is 0 Å². The molecule has 10 nitrogen and oxygen atoms in total. The molecule has 3 aromatic carbocycles. The van der Waals surface area contributed by atoms with Crippen molar-refractivity contribution in [1.29, 1.82) is 0 Å². The first-order valence-electron chi connectivity index (χ1n) is 12.7. The number of aromatic hydroxyl groups is 4. The quantitative estimate of drug-likeness (QED) is 0.143. The molecule has 0 aromatic heterocycles. The summed E-state index contributed by atoms with van der Waals surface area (Å²) in [5.74, 6) is -5.95. The van der Waals surface area contributed by atoms with E-state index in [2.05, 4.69) is 0 Å². The molecular weight excluding hydrogens is 520 g/mol. The van der Waals surface area contributed by atoms with Gasteiger partial charge < -0.3 is 35.4 Å². The highest BCUT2D eigenvalue weighted by Gasteiger charge is 2.53. The number of ketones is 2. The SMILES string of the molecule is Cc1cc(O)c2c(c1)[C@H](O)[C@@H]1[C@@H](OC2=O)[C@H](O)C=C2c3c(cc(O)c4c3C(=O)c3c(O)ccc(O)c3C4=O)C[C@@H]21. The van der Waals surface area contributed by atoms with Gasteiger partial charge in [-0.2, -0.15) is 0 Å². The molecule has 0 radical (unpaired) electrons. The van der Waals surface area contributed by atoms with E-state index < -0.39 is 76.1 Å². The zero-order valence-electron chi connectivity index (χ0n) is 20.9. The molecule has 3 aromatic rings. The van der Waals surface area contributed by atoms with Crippen molar-refractivity contribution in [2.24, 2.45) is 11.8 Å². The maximum Gasteiger partial charge on any atom is 0.342 e. The van der Waals surface area contributed by atoms with Crippen molar-refractivity contribution < 1.29 is 49.8 Å². The van der Waals surface area contributed by atoms with Crippen LogP contribution in [0.25, 0.3) is 5.57 Å². The number of hydrogen-bond acceptors (Lipinski definition) is 10. The van der Waals surface area contributed by atoms with Crippen molar-refractivity contribution >= 4 is 23.1 Å². The first-order valence-corrected chi connectivity index (χ1v) is 12.7.